The van der Waals surface area contributed by atoms with Gasteiger partial charge >= 0.3 is 6.09 Å². The second-order valence-corrected chi connectivity index (χ2v) is 6.61. The first-order valence-electron chi connectivity index (χ1n) is 8.66. The molecule has 3 aromatic heterocycles. The van der Waals surface area contributed by atoms with Crippen LogP contribution >= 0.6 is 0 Å². The van der Waals surface area contributed by atoms with Crippen molar-refractivity contribution in [2.75, 3.05) is 0 Å². The molecule has 0 amide bonds. The SMILES string of the molecule is N#CC[C@H](C1CCCC1)n1cc(-c2ncnc3c2ccn3C(=O)O)cn1. The summed E-state index contributed by atoms with van der Waals surface area (Å²) >= 11 is 0. The molecule has 1 N–H and O–H groups in total. The van der Waals surface area contributed by atoms with Gasteiger partial charge in [0.05, 0.1) is 30.4 Å². The van der Waals surface area contributed by atoms with E-state index in [1.165, 1.54) is 25.4 Å². The number of hydrogen-bond acceptors (Lipinski definition) is 5. The molecule has 0 saturated heterocycles. The number of nitrogens with zero attached hydrogens (tertiary/aromatic N) is 6. The molecule has 0 aromatic carbocycles. The maximum atomic E-state index is 11.3. The minimum absolute atomic E-state index is 0.0668. The summed E-state index contributed by atoms with van der Waals surface area (Å²) in [6.45, 7) is 0. The van der Waals surface area contributed by atoms with E-state index in [0.29, 0.717) is 29.1 Å². The zero-order valence-electron chi connectivity index (χ0n) is 14.1. The standard InChI is InChI=1S/C18H18N6O2/c19-7-5-15(12-3-1-2-4-12)24-10-13(9-22-24)16-14-6-8-23(18(25)26)17(14)21-11-20-16/h6,8-12,15H,1-5H2,(H,25,26)/t15-/m1/s1. The van der Waals surface area contributed by atoms with Gasteiger partial charge in [-0.3, -0.25) is 4.68 Å². The van der Waals surface area contributed by atoms with Crippen LogP contribution in [0.3, 0.4) is 0 Å². The average molecular weight is 350 g/mol. The molecule has 1 aliphatic carbocycles. The largest absolute Gasteiger partial charge is 0.464 e. The highest BCUT2D eigenvalue weighted by Gasteiger charge is 2.27. The second kappa shape index (κ2) is 6.59. The molecule has 8 nitrogen and oxygen atoms in total. The van der Waals surface area contributed by atoms with Gasteiger partial charge in [0.25, 0.3) is 0 Å². The van der Waals surface area contributed by atoms with Gasteiger partial charge in [-0.1, -0.05) is 12.8 Å². The molecule has 0 radical (unpaired) electrons. The zero-order valence-corrected chi connectivity index (χ0v) is 14.1. The topological polar surface area (TPSA) is 110 Å². The monoisotopic (exact) mass is 350 g/mol. The summed E-state index contributed by atoms with van der Waals surface area (Å²) in [5.74, 6) is 0.473. The minimum atomic E-state index is -1.09. The Kier molecular flexibility index (Phi) is 4.13. The van der Waals surface area contributed by atoms with Gasteiger partial charge < -0.3 is 5.11 Å². The Labute approximate surface area is 149 Å². The molecule has 4 rings (SSSR count). The minimum Gasteiger partial charge on any atom is -0.464 e. The van der Waals surface area contributed by atoms with Gasteiger partial charge in [-0.15, -0.1) is 0 Å². The summed E-state index contributed by atoms with van der Waals surface area (Å²) < 4.78 is 2.94. The van der Waals surface area contributed by atoms with Crippen LogP contribution in [0.1, 0.15) is 38.1 Å². The Morgan fingerprint density at radius 1 is 1.38 bits per heavy atom. The normalized spacial score (nSPS) is 16.0. The molecule has 0 spiro atoms. The van der Waals surface area contributed by atoms with E-state index in [9.17, 15) is 15.2 Å². The highest BCUT2D eigenvalue weighted by molar-refractivity contribution is 5.94. The van der Waals surface area contributed by atoms with Crippen molar-refractivity contribution < 1.29 is 9.90 Å². The van der Waals surface area contributed by atoms with Gasteiger partial charge in [0, 0.05) is 23.3 Å². The highest BCUT2D eigenvalue weighted by Crippen LogP contribution is 2.36. The number of rotatable bonds is 4. The van der Waals surface area contributed by atoms with E-state index in [2.05, 4.69) is 21.1 Å². The van der Waals surface area contributed by atoms with Gasteiger partial charge in [-0.05, 0) is 24.8 Å². The first-order chi connectivity index (χ1) is 12.7. The Morgan fingerprint density at radius 2 is 2.19 bits per heavy atom. The van der Waals surface area contributed by atoms with Crippen LogP contribution in [0.5, 0.6) is 0 Å². The summed E-state index contributed by atoms with van der Waals surface area (Å²) in [6.07, 6.45) is 10.5. The van der Waals surface area contributed by atoms with E-state index in [4.69, 9.17) is 0 Å². The molecule has 0 bridgehead atoms. The third kappa shape index (κ3) is 2.71. The lowest BCUT2D eigenvalue weighted by Crippen LogP contribution is -2.17. The fraction of sp³-hybridized carbons (Fsp3) is 0.389. The van der Waals surface area contributed by atoms with Crippen LogP contribution in [-0.4, -0.2) is 35.5 Å². The van der Waals surface area contributed by atoms with E-state index in [0.717, 1.165) is 23.0 Å². The van der Waals surface area contributed by atoms with Crippen molar-refractivity contribution in [1.82, 2.24) is 24.3 Å². The Bertz CT molecular complexity index is 993. The molecule has 132 valence electrons. The van der Waals surface area contributed by atoms with Crippen molar-refractivity contribution in [2.45, 2.75) is 38.1 Å². The lowest BCUT2D eigenvalue weighted by atomic mass is 9.96. The number of hydrogen-bond donors (Lipinski definition) is 1. The summed E-state index contributed by atoms with van der Waals surface area (Å²) in [5, 5.41) is 23.6. The van der Waals surface area contributed by atoms with Crippen LogP contribution in [0.2, 0.25) is 0 Å². The fourth-order valence-electron chi connectivity index (χ4n) is 3.89. The van der Waals surface area contributed by atoms with Gasteiger partial charge in [0.15, 0.2) is 5.65 Å². The quantitative estimate of drug-likeness (QED) is 0.771. The molecule has 1 fully saturated rings. The lowest BCUT2D eigenvalue weighted by Gasteiger charge is -2.21. The number of carboxylic acid groups (broad SMARTS) is 1. The lowest BCUT2D eigenvalue weighted by molar-refractivity contribution is 0.197. The predicted molar refractivity (Wildman–Crippen MR) is 93.4 cm³/mol. The van der Waals surface area contributed by atoms with Gasteiger partial charge in [0.2, 0.25) is 0 Å². The van der Waals surface area contributed by atoms with Crippen LogP contribution < -0.4 is 0 Å². The van der Waals surface area contributed by atoms with E-state index in [-0.39, 0.29) is 6.04 Å². The molecule has 26 heavy (non-hydrogen) atoms. The summed E-state index contributed by atoms with van der Waals surface area (Å²) in [6, 6.07) is 4.04. The molecule has 8 heteroatoms. The smallest absolute Gasteiger partial charge is 0.417 e. The molecule has 1 atom stereocenters. The molecule has 3 aromatic rings. The maximum Gasteiger partial charge on any atom is 0.417 e. The van der Waals surface area contributed by atoms with Crippen LogP contribution in [0.15, 0.2) is 31.0 Å². The van der Waals surface area contributed by atoms with Crippen molar-refractivity contribution in [3.8, 4) is 17.3 Å². The van der Waals surface area contributed by atoms with Gasteiger partial charge in [0.1, 0.15) is 6.33 Å². The van der Waals surface area contributed by atoms with Crippen molar-refractivity contribution in [2.24, 2.45) is 5.92 Å². The molecule has 0 aliphatic heterocycles. The first kappa shape index (κ1) is 16.3. The zero-order chi connectivity index (χ0) is 18.1. The van der Waals surface area contributed by atoms with Crippen LogP contribution in [0.25, 0.3) is 22.3 Å². The number of carbonyl (C=O) groups is 1. The van der Waals surface area contributed by atoms with Gasteiger partial charge in [-0.2, -0.15) is 10.4 Å². The summed E-state index contributed by atoms with van der Waals surface area (Å²) in [7, 11) is 0. The number of nitriles is 1. The third-order valence-corrected chi connectivity index (χ3v) is 5.15. The molecule has 1 saturated carbocycles. The number of fused-ring (bicyclic) bond motifs is 1. The van der Waals surface area contributed by atoms with Crippen LogP contribution in [-0.2, 0) is 0 Å². The number of aromatic nitrogens is 5. The van der Waals surface area contributed by atoms with E-state index in [1.807, 2.05) is 10.9 Å². The van der Waals surface area contributed by atoms with Crippen molar-refractivity contribution in [3.05, 3.63) is 31.0 Å². The van der Waals surface area contributed by atoms with Gasteiger partial charge in [-0.25, -0.2) is 19.3 Å². The van der Waals surface area contributed by atoms with Crippen LogP contribution in [0.4, 0.5) is 4.79 Å². The average Bonchev–Trinajstić information content (AvgIpc) is 3.39. The Balaban J connectivity index is 1.73. The summed E-state index contributed by atoms with van der Waals surface area (Å²) in [4.78, 5) is 19.7. The Morgan fingerprint density at radius 3 is 2.92 bits per heavy atom. The Hall–Kier alpha value is -3.21. The molecule has 3 heterocycles. The molecule has 0 unspecified atom stereocenters. The summed E-state index contributed by atoms with van der Waals surface area (Å²) in [5.41, 5.74) is 1.78. The van der Waals surface area contributed by atoms with E-state index in [1.54, 1.807) is 12.3 Å². The fourth-order valence-corrected chi connectivity index (χ4v) is 3.89. The second-order valence-electron chi connectivity index (χ2n) is 6.61. The first-order valence-corrected chi connectivity index (χ1v) is 8.66. The van der Waals surface area contributed by atoms with Crippen molar-refractivity contribution >= 4 is 17.1 Å². The molecule has 1 aliphatic rings. The van der Waals surface area contributed by atoms with E-state index >= 15 is 0 Å². The molecular weight excluding hydrogens is 332 g/mol. The predicted octanol–water partition coefficient (Wildman–Crippen LogP) is 3.47. The van der Waals surface area contributed by atoms with Crippen molar-refractivity contribution in [1.29, 1.82) is 5.26 Å². The third-order valence-electron chi connectivity index (χ3n) is 5.15. The maximum absolute atomic E-state index is 11.3. The van der Waals surface area contributed by atoms with Crippen LogP contribution in [0, 0.1) is 17.2 Å². The van der Waals surface area contributed by atoms with E-state index < -0.39 is 6.09 Å². The molecular formula is C18H18N6O2. The highest BCUT2D eigenvalue weighted by atomic mass is 16.4. The van der Waals surface area contributed by atoms with Crippen molar-refractivity contribution in [3.63, 3.8) is 0 Å².